The average molecular weight is 350 g/mol. The van der Waals surface area contributed by atoms with E-state index in [1.807, 2.05) is 0 Å². The molecule has 1 aromatic rings. The minimum Gasteiger partial charge on any atom is -0.511 e. The molecule has 1 heterocycles. The summed E-state index contributed by atoms with van der Waals surface area (Å²) in [6, 6.07) is 1.03. The topological polar surface area (TPSA) is 70.6 Å². The number of aliphatic hydroxyl groups excluding tert-OH is 1. The summed E-state index contributed by atoms with van der Waals surface area (Å²) in [7, 11) is 0. The summed E-state index contributed by atoms with van der Waals surface area (Å²) in [5, 5.41) is 14.4. The second-order valence-electron chi connectivity index (χ2n) is 4.42. The van der Waals surface area contributed by atoms with E-state index in [0.29, 0.717) is 12.1 Å². The van der Waals surface area contributed by atoms with Crippen molar-refractivity contribution in [3.63, 3.8) is 0 Å². The van der Waals surface area contributed by atoms with E-state index in [0.717, 1.165) is 0 Å². The van der Waals surface area contributed by atoms with E-state index in [9.17, 15) is 27.5 Å². The van der Waals surface area contributed by atoms with Crippen molar-refractivity contribution in [3.05, 3.63) is 35.1 Å². The lowest BCUT2D eigenvalue weighted by molar-refractivity contribution is -0.117. The number of rotatable bonds is 4. The van der Waals surface area contributed by atoms with Crippen molar-refractivity contribution in [2.45, 2.75) is 13.0 Å². The molecule has 0 bridgehead atoms. The van der Waals surface area contributed by atoms with Crippen molar-refractivity contribution in [1.29, 1.82) is 0 Å². The first-order valence-corrected chi connectivity index (χ1v) is 6.66. The van der Waals surface area contributed by atoms with Gasteiger partial charge in [-0.05, 0) is 0 Å². The number of aliphatic hydroxyl groups is 1. The number of alkyl halides is 2. The largest absolute Gasteiger partial charge is 0.511 e. The predicted octanol–water partition coefficient (Wildman–Crippen LogP) is 2.64. The fourth-order valence-electron chi connectivity index (χ4n) is 1.92. The molecule has 0 saturated heterocycles. The standard InChI is InChI=1S/C13H10F4N2O3S/c14-5-3-6(15)10(22-13(16)17)7(4-5)19-12(23)9-8(20)1-2-18-11(9)21/h3-4,13,20H,1-2H2,(H,18,21)(H,19,23). The number of amides is 1. The van der Waals surface area contributed by atoms with Crippen molar-refractivity contribution < 1.29 is 32.2 Å². The summed E-state index contributed by atoms with van der Waals surface area (Å²) < 4.78 is 55.6. The van der Waals surface area contributed by atoms with E-state index in [2.05, 4.69) is 15.4 Å². The van der Waals surface area contributed by atoms with Crippen LogP contribution in [-0.2, 0) is 4.79 Å². The maximum Gasteiger partial charge on any atom is 0.387 e. The highest BCUT2D eigenvalue weighted by atomic mass is 32.1. The Morgan fingerprint density at radius 3 is 2.70 bits per heavy atom. The molecule has 10 heteroatoms. The van der Waals surface area contributed by atoms with Gasteiger partial charge in [0, 0.05) is 25.1 Å². The van der Waals surface area contributed by atoms with Crippen LogP contribution in [0.4, 0.5) is 23.2 Å². The number of carbonyl (C=O) groups is 1. The van der Waals surface area contributed by atoms with Crippen LogP contribution in [0.15, 0.2) is 23.5 Å². The third kappa shape index (κ3) is 3.89. The molecule has 1 aliphatic rings. The number of thiocarbonyl (C=S) groups is 1. The maximum atomic E-state index is 13.6. The summed E-state index contributed by atoms with van der Waals surface area (Å²) in [4.78, 5) is 11.3. The third-order valence-electron chi connectivity index (χ3n) is 2.85. The van der Waals surface area contributed by atoms with Crippen LogP contribution in [0.5, 0.6) is 5.75 Å². The Morgan fingerprint density at radius 1 is 1.39 bits per heavy atom. The predicted molar refractivity (Wildman–Crippen MR) is 76.5 cm³/mol. The highest BCUT2D eigenvalue weighted by Crippen LogP contribution is 2.31. The van der Waals surface area contributed by atoms with Crippen molar-refractivity contribution in [1.82, 2.24) is 5.32 Å². The molecule has 0 aromatic heterocycles. The lowest BCUT2D eigenvalue weighted by Crippen LogP contribution is -2.36. The van der Waals surface area contributed by atoms with Crippen LogP contribution >= 0.6 is 12.2 Å². The van der Waals surface area contributed by atoms with Crippen LogP contribution in [0.1, 0.15) is 6.42 Å². The number of hydrogen-bond acceptors (Lipinski definition) is 4. The number of hydrogen-bond donors (Lipinski definition) is 3. The molecule has 0 atom stereocenters. The fraction of sp³-hybridized carbons (Fsp3) is 0.231. The monoisotopic (exact) mass is 350 g/mol. The fourth-order valence-corrected chi connectivity index (χ4v) is 2.24. The summed E-state index contributed by atoms with van der Waals surface area (Å²) >= 11 is 4.89. The van der Waals surface area contributed by atoms with Gasteiger partial charge in [-0.25, -0.2) is 8.78 Å². The summed E-state index contributed by atoms with van der Waals surface area (Å²) in [5.41, 5.74) is -0.842. The minimum atomic E-state index is -3.35. The molecule has 5 nitrogen and oxygen atoms in total. The molecule has 0 unspecified atom stereocenters. The van der Waals surface area contributed by atoms with Crippen molar-refractivity contribution in [2.75, 3.05) is 11.9 Å². The van der Waals surface area contributed by atoms with Gasteiger partial charge in [-0.2, -0.15) is 8.78 Å². The van der Waals surface area contributed by atoms with Gasteiger partial charge in [-0.15, -0.1) is 0 Å². The highest BCUT2D eigenvalue weighted by molar-refractivity contribution is 7.81. The molecule has 0 aliphatic carbocycles. The van der Waals surface area contributed by atoms with Crippen LogP contribution in [0.25, 0.3) is 0 Å². The first-order valence-electron chi connectivity index (χ1n) is 6.25. The quantitative estimate of drug-likeness (QED) is 0.575. The van der Waals surface area contributed by atoms with Gasteiger partial charge < -0.3 is 20.5 Å². The Balaban J connectivity index is 2.35. The summed E-state index contributed by atoms with van der Waals surface area (Å²) in [6.45, 7) is -3.15. The van der Waals surface area contributed by atoms with E-state index >= 15 is 0 Å². The molecule has 0 fully saturated rings. The van der Waals surface area contributed by atoms with Crippen LogP contribution in [0.3, 0.4) is 0 Å². The number of nitrogens with one attached hydrogen (secondary N) is 2. The van der Waals surface area contributed by atoms with Gasteiger partial charge in [0.15, 0.2) is 11.6 Å². The zero-order valence-corrected chi connectivity index (χ0v) is 12.1. The Morgan fingerprint density at radius 2 is 2.09 bits per heavy atom. The van der Waals surface area contributed by atoms with Crippen molar-refractivity contribution in [2.24, 2.45) is 0 Å². The molecule has 0 saturated carbocycles. The van der Waals surface area contributed by atoms with Gasteiger partial charge in [0.25, 0.3) is 5.91 Å². The second kappa shape index (κ2) is 6.82. The van der Waals surface area contributed by atoms with Gasteiger partial charge in [0.05, 0.1) is 5.69 Å². The van der Waals surface area contributed by atoms with Gasteiger partial charge >= 0.3 is 6.61 Å². The molecule has 2 rings (SSSR count). The van der Waals surface area contributed by atoms with E-state index in [1.54, 1.807) is 0 Å². The van der Waals surface area contributed by atoms with E-state index in [1.165, 1.54) is 0 Å². The van der Waals surface area contributed by atoms with Crippen LogP contribution < -0.4 is 15.4 Å². The Bertz CT molecular complexity index is 694. The molecular weight excluding hydrogens is 340 g/mol. The number of halogens is 4. The highest BCUT2D eigenvalue weighted by Gasteiger charge is 2.25. The second-order valence-corrected chi connectivity index (χ2v) is 4.83. The molecule has 1 amide bonds. The van der Waals surface area contributed by atoms with Crippen LogP contribution in [-0.4, -0.2) is 29.2 Å². The average Bonchev–Trinajstić information content (AvgIpc) is 2.42. The summed E-state index contributed by atoms with van der Waals surface area (Å²) in [6.07, 6.45) is 0.112. The molecule has 0 radical (unpaired) electrons. The lowest BCUT2D eigenvalue weighted by atomic mass is 10.1. The van der Waals surface area contributed by atoms with Gasteiger partial charge in [-0.1, -0.05) is 12.2 Å². The SMILES string of the molecule is O=C1NCCC(O)=C1C(=S)Nc1cc(F)cc(F)c1OC(F)F. The summed E-state index contributed by atoms with van der Waals surface area (Å²) in [5.74, 6) is -4.42. The Labute approximate surface area is 132 Å². The lowest BCUT2D eigenvalue weighted by Gasteiger charge is -2.19. The zero-order chi connectivity index (χ0) is 17.1. The third-order valence-corrected chi connectivity index (χ3v) is 3.16. The molecule has 3 N–H and O–H groups in total. The normalized spacial score (nSPS) is 14.7. The van der Waals surface area contributed by atoms with E-state index in [4.69, 9.17) is 12.2 Å². The van der Waals surface area contributed by atoms with Gasteiger partial charge in [0.2, 0.25) is 0 Å². The number of carbonyl (C=O) groups excluding carboxylic acids is 1. The van der Waals surface area contributed by atoms with Gasteiger partial charge in [-0.3, -0.25) is 4.79 Å². The van der Waals surface area contributed by atoms with Crippen molar-refractivity contribution in [3.8, 4) is 5.75 Å². The maximum absolute atomic E-state index is 13.6. The number of ether oxygens (including phenoxy) is 1. The minimum absolute atomic E-state index is 0.112. The van der Waals surface area contributed by atoms with Crippen molar-refractivity contribution >= 4 is 28.8 Å². The molecule has 0 spiro atoms. The Hall–Kier alpha value is -2.36. The first kappa shape index (κ1) is 17.0. The molecule has 1 aromatic carbocycles. The Kier molecular flexibility index (Phi) is 5.04. The molecule has 1 aliphatic heterocycles. The van der Waals surface area contributed by atoms with Crippen LogP contribution in [0, 0.1) is 11.6 Å². The number of anilines is 1. The van der Waals surface area contributed by atoms with Crippen LogP contribution in [0.2, 0.25) is 0 Å². The first-order chi connectivity index (χ1) is 10.8. The number of benzene rings is 1. The molecular formula is C13H10F4N2O3S. The van der Waals surface area contributed by atoms with Gasteiger partial charge in [0.1, 0.15) is 22.1 Å². The molecule has 23 heavy (non-hydrogen) atoms. The zero-order valence-electron chi connectivity index (χ0n) is 11.3. The molecule has 124 valence electrons. The van der Waals surface area contributed by atoms with E-state index < -0.39 is 35.6 Å². The smallest absolute Gasteiger partial charge is 0.387 e. The van der Waals surface area contributed by atoms with E-state index in [-0.39, 0.29) is 29.3 Å².